The molecule has 2 rings (SSSR count). The van der Waals surface area contributed by atoms with E-state index in [1.807, 2.05) is 41.8 Å². The van der Waals surface area contributed by atoms with Crippen LogP contribution in [0.15, 0.2) is 42.0 Å². The Kier molecular flexibility index (Phi) is 3.56. The normalized spacial score (nSPS) is 15.4. The second-order valence-corrected chi connectivity index (χ2v) is 4.09. The molecule has 0 aliphatic carbocycles. The van der Waals surface area contributed by atoms with Gasteiger partial charge in [-0.2, -0.15) is 0 Å². The van der Waals surface area contributed by atoms with Crippen molar-refractivity contribution in [2.75, 3.05) is 0 Å². The van der Waals surface area contributed by atoms with Gasteiger partial charge in [0.2, 0.25) is 0 Å². The highest BCUT2D eigenvalue weighted by molar-refractivity contribution is 6.29. The summed E-state index contributed by atoms with van der Waals surface area (Å²) in [5.74, 6) is -1.38. The van der Waals surface area contributed by atoms with Crippen LogP contribution >= 0.6 is 0 Å². The first-order valence-corrected chi connectivity index (χ1v) is 5.68. The summed E-state index contributed by atoms with van der Waals surface area (Å²) in [5, 5.41) is 4.01. The van der Waals surface area contributed by atoms with Gasteiger partial charge >= 0.3 is 6.03 Å². The Labute approximate surface area is 110 Å². The number of carbonyl (C=O) groups excluding carboxylic acids is 3. The molecular formula is C14H12N2O3. The third-order valence-corrected chi connectivity index (χ3v) is 2.57. The van der Waals surface area contributed by atoms with E-state index in [9.17, 15) is 14.4 Å². The highest BCUT2D eigenvalue weighted by Crippen LogP contribution is 2.06. The van der Waals surface area contributed by atoms with E-state index in [0.29, 0.717) is 0 Å². The Morgan fingerprint density at radius 1 is 0.947 bits per heavy atom. The van der Waals surface area contributed by atoms with Crippen molar-refractivity contribution in [3.63, 3.8) is 0 Å². The molecule has 5 nitrogen and oxygen atoms in total. The van der Waals surface area contributed by atoms with Crippen molar-refractivity contribution >= 4 is 23.9 Å². The molecule has 1 aromatic carbocycles. The predicted molar refractivity (Wildman–Crippen MR) is 70.0 cm³/mol. The monoisotopic (exact) mass is 256 g/mol. The number of benzene rings is 1. The third-order valence-electron chi connectivity index (χ3n) is 2.57. The predicted octanol–water partition coefficient (Wildman–Crippen LogP) is 1.30. The van der Waals surface area contributed by atoms with Gasteiger partial charge in [0.05, 0.1) is 0 Å². The molecule has 96 valence electrons. The van der Waals surface area contributed by atoms with E-state index in [-0.39, 0.29) is 5.57 Å². The van der Waals surface area contributed by atoms with Crippen LogP contribution in [-0.4, -0.2) is 17.8 Å². The maximum atomic E-state index is 11.4. The summed E-state index contributed by atoms with van der Waals surface area (Å²) in [6.07, 6.45) is 4.73. The fourth-order valence-corrected chi connectivity index (χ4v) is 1.56. The van der Waals surface area contributed by atoms with Crippen molar-refractivity contribution < 1.29 is 14.4 Å². The van der Waals surface area contributed by atoms with Crippen LogP contribution in [0, 0.1) is 6.92 Å². The lowest BCUT2D eigenvalue weighted by atomic mass is 10.1. The average molecular weight is 256 g/mol. The SMILES string of the molecule is Cc1ccc(C=CC=C2C(=O)NC(=O)NC2=O)cc1. The Bertz CT molecular complexity index is 576. The molecule has 0 aromatic heterocycles. The van der Waals surface area contributed by atoms with E-state index in [1.165, 1.54) is 6.08 Å². The second-order valence-electron chi connectivity index (χ2n) is 4.09. The average Bonchev–Trinajstić information content (AvgIpc) is 2.34. The van der Waals surface area contributed by atoms with E-state index in [1.54, 1.807) is 12.2 Å². The Hall–Kier alpha value is -2.69. The highest BCUT2D eigenvalue weighted by Gasteiger charge is 2.26. The summed E-state index contributed by atoms with van der Waals surface area (Å²) in [7, 11) is 0. The molecule has 0 radical (unpaired) electrons. The Morgan fingerprint density at radius 2 is 1.53 bits per heavy atom. The number of amides is 4. The van der Waals surface area contributed by atoms with Crippen molar-refractivity contribution in [2.24, 2.45) is 0 Å². The van der Waals surface area contributed by atoms with Gasteiger partial charge in [-0.3, -0.25) is 20.2 Å². The number of allylic oxidation sites excluding steroid dienone is 2. The highest BCUT2D eigenvalue weighted by atomic mass is 16.2. The van der Waals surface area contributed by atoms with Crippen LogP contribution < -0.4 is 10.6 Å². The lowest BCUT2D eigenvalue weighted by Gasteiger charge is -2.12. The zero-order chi connectivity index (χ0) is 13.8. The van der Waals surface area contributed by atoms with Crippen molar-refractivity contribution in [1.82, 2.24) is 10.6 Å². The first kappa shape index (κ1) is 12.8. The van der Waals surface area contributed by atoms with Crippen molar-refractivity contribution in [3.05, 3.63) is 53.1 Å². The van der Waals surface area contributed by atoms with Gasteiger partial charge in [-0.1, -0.05) is 42.0 Å². The van der Waals surface area contributed by atoms with Gasteiger partial charge in [-0.05, 0) is 18.6 Å². The lowest BCUT2D eigenvalue weighted by molar-refractivity contribution is -0.124. The van der Waals surface area contributed by atoms with Crippen LogP contribution in [0.4, 0.5) is 4.79 Å². The molecule has 1 aliphatic heterocycles. The molecule has 1 aliphatic rings. The van der Waals surface area contributed by atoms with Gasteiger partial charge in [0, 0.05) is 0 Å². The molecule has 0 saturated carbocycles. The Morgan fingerprint density at radius 3 is 2.11 bits per heavy atom. The van der Waals surface area contributed by atoms with Crippen LogP contribution in [0.5, 0.6) is 0 Å². The zero-order valence-corrected chi connectivity index (χ0v) is 10.3. The summed E-state index contributed by atoms with van der Waals surface area (Å²) in [4.78, 5) is 33.7. The molecule has 0 atom stereocenters. The summed E-state index contributed by atoms with van der Waals surface area (Å²) in [6, 6.07) is 6.98. The molecule has 4 amide bonds. The summed E-state index contributed by atoms with van der Waals surface area (Å²) >= 11 is 0. The van der Waals surface area contributed by atoms with E-state index >= 15 is 0 Å². The lowest BCUT2D eigenvalue weighted by Crippen LogP contribution is -2.51. The molecule has 1 fully saturated rings. The van der Waals surface area contributed by atoms with Crippen molar-refractivity contribution in [1.29, 1.82) is 0 Å². The number of nitrogens with one attached hydrogen (secondary N) is 2. The Balaban J connectivity index is 2.13. The molecule has 0 bridgehead atoms. The fraction of sp³-hybridized carbons (Fsp3) is 0.0714. The molecule has 1 aromatic rings. The minimum absolute atomic E-state index is 0.0945. The molecular weight excluding hydrogens is 244 g/mol. The second kappa shape index (κ2) is 5.30. The third kappa shape index (κ3) is 3.16. The van der Waals surface area contributed by atoms with Crippen molar-refractivity contribution in [3.8, 4) is 0 Å². The standard InChI is InChI=1S/C14H12N2O3/c1-9-5-7-10(8-6-9)3-2-4-11-12(17)15-14(19)16-13(11)18/h2-8H,1H3,(H2,15,16,17,18,19). The van der Waals surface area contributed by atoms with Gasteiger partial charge in [-0.25, -0.2) is 4.79 Å². The molecule has 1 heterocycles. The summed E-state index contributed by atoms with van der Waals surface area (Å²) in [5.41, 5.74) is 2.01. The molecule has 1 saturated heterocycles. The number of hydrogen-bond donors (Lipinski definition) is 2. The molecule has 5 heteroatoms. The number of rotatable bonds is 2. The molecule has 2 N–H and O–H groups in total. The topological polar surface area (TPSA) is 75.3 Å². The van der Waals surface area contributed by atoms with E-state index < -0.39 is 17.8 Å². The van der Waals surface area contributed by atoms with Crippen molar-refractivity contribution in [2.45, 2.75) is 6.92 Å². The number of imide groups is 2. The molecule has 0 spiro atoms. The number of aryl methyl sites for hydroxylation is 1. The fourth-order valence-electron chi connectivity index (χ4n) is 1.56. The molecule has 0 unspecified atom stereocenters. The summed E-state index contributed by atoms with van der Waals surface area (Å²) in [6.45, 7) is 1.99. The van der Waals surface area contributed by atoms with Crippen LogP contribution in [0.1, 0.15) is 11.1 Å². The number of barbiturate groups is 1. The van der Waals surface area contributed by atoms with E-state index in [4.69, 9.17) is 0 Å². The van der Waals surface area contributed by atoms with Gasteiger partial charge < -0.3 is 0 Å². The number of hydrogen-bond acceptors (Lipinski definition) is 3. The van der Waals surface area contributed by atoms with Crippen LogP contribution in [0.2, 0.25) is 0 Å². The van der Waals surface area contributed by atoms with Gasteiger partial charge in [0.15, 0.2) is 0 Å². The minimum Gasteiger partial charge on any atom is -0.273 e. The zero-order valence-electron chi connectivity index (χ0n) is 10.3. The smallest absolute Gasteiger partial charge is 0.273 e. The largest absolute Gasteiger partial charge is 0.328 e. The van der Waals surface area contributed by atoms with E-state index in [0.717, 1.165) is 11.1 Å². The minimum atomic E-state index is -0.797. The maximum Gasteiger partial charge on any atom is 0.328 e. The maximum absolute atomic E-state index is 11.4. The summed E-state index contributed by atoms with van der Waals surface area (Å²) < 4.78 is 0. The number of carbonyl (C=O) groups is 3. The van der Waals surface area contributed by atoms with E-state index in [2.05, 4.69) is 0 Å². The van der Waals surface area contributed by atoms with Crippen LogP contribution in [-0.2, 0) is 9.59 Å². The van der Waals surface area contributed by atoms with Gasteiger partial charge in [0.25, 0.3) is 11.8 Å². The quantitative estimate of drug-likeness (QED) is 0.618. The van der Waals surface area contributed by atoms with Gasteiger partial charge in [-0.15, -0.1) is 0 Å². The van der Waals surface area contributed by atoms with Gasteiger partial charge in [0.1, 0.15) is 5.57 Å². The van der Waals surface area contributed by atoms with Crippen LogP contribution in [0.3, 0.4) is 0 Å². The van der Waals surface area contributed by atoms with Crippen LogP contribution in [0.25, 0.3) is 6.08 Å². The molecule has 19 heavy (non-hydrogen) atoms. The number of urea groups is 1. The first-order valence-electron chi connectivity index (χ1n) is 5.68. The first-order chi connectivity index (χ1) is 9.06.